The maximum atomic E-state index is 10.5. The fourth-order valence-corrected chi connectivity index (χ4v) is 2.72. The molecule has 1 fully saturated rings. The van der Waals surface area contributed by atoms with Gasteiger partial charge >= 0.3 is 5.97 Å². The Kier molecular flexibility index (Phi) is 5.57. The number of morpholine rings is 1. The molecule has 1 aromatic carbocycles. The standard InChI is InChI=1S/C18H21N3O4/c1-13-6-7-19-18(20-13)16-11-21(8-9-24-16)10-14-2-4-15(5-3-14)25-12-17(22)23/h2-7,16H,8-12H2,1H3,(H,22,23)/t16-/m1/s1. The maximum Gasteiger partial charge on any atom is 0.341 e. The van der Waals surface area contributed by atoms with Gasteiger partial charge in [0, 0.05) is 31.5 Å². The number of rotatable bonds is 6. The molecule has 1 atom stereocenters. The second-order valence-electron chi connectivity index (χ2n) is 5.98. The number of nitrogens with zero attached hydrogens (tertiary/aromatic N) is 3. The lowest BCUT2D eigenvalue weighted by molar-refractivity contribution is -0.139. The van der Waals surface area contributed by atoms with Crippen LogP contribution in [0.4, 0.5) is 0 Å². The number of aliphatic carboxylic acids is 1. The number of aromatic nitrogens is 2. The highest BCUT2D eigenvalue weighted by Gasteiger charge is 2.24. The summed E-state index contributed by atoms with van der Waals surface area (Å²) in [7, 11) is 0. The van der Waals surface area contributed by atoms with Crippen molar-refractivity contribution in [2.45, 2.75) is 19.6 Å². The number of hydrogen-bond donors (Lipinski definition) is 1. The second kappa shape index (κ2) is 8.04. The summed E-state index contributed by atoms with van der Waals surface area (Å²) in [6.45, 7) is 4.62. The van der Waals surface area contributed by atoms with Crippen LogP contribution in [-0.2, 0) is 16.1 Å². The lowest BCUT2D eigenvalue weighted by atomic mass is 10.1. The zero-order valence-electron chi connectivity index (χ0n) is 14.1. The van der Waals surface area contributed by atoms with E-state index in [0.717, 1.165) is 36.7 Å². The van der Waals surface area contributed by atoms with Gasteiger partial charge in [-0.2, -0.15) is 0 Å². The van der Waals surface area contributed by atoms with E-state index >= 15 is 0 Å². The molecule has 7 nitrogen and oxygen atoms in total. The molecule has 3 rings (SSSR count). The summed E-state index contributed by atoms with van der Waals surface area (Å²) in [6, 6.07) is 9.35. The first-order valence-corrected chi connectivity index (χ1v) is 8.17. The van der Waals surface area contributed by atoms with Crippen molar-refractivity contribution in [3.63, 3.8) is 0 Å². The predicted octanol–water partition coefficient (Wildman–Crippen LogP) is 1.82. The van der Waals surface area contributed by atoms with Crippen LogP contribution in [0.1, 0.15) is 23.2 Å². The Morgan fingerprint density at radius 2 is 2.16 bits per heavy atom. The summed E-state index contributed by atoms with van der Waals surface area (Å²) in [6.07, 6.45) is 1.64. The number of carboxylic acid groups (broad SMARTS) is 1. The highest BCUT2D eigenvalue weighted by molar-refractivity contribution is 5.68. The van der Waals surface area contributed by atoms with Crippen LogP contribution < -0.4 is 4.74 Å². The Morgan fingerprint density at radius 3 is 2.88 bits per heavy atom. The zero-order valence-corrected chi connectivity index (χ0v) is 14.1. The van der Waals surface area contributed by atoms with E-state index in [2.05, 4.69) is 14.9 Å². The highest BCUT2D eigenvalue weighted by atomic mass is 16.5. The van der Waals surface area contributed by atoms with Gasteiger partial charge in [-0.1, -0.05) is 12.1 Å². The number of hydrogen-bond acceptors (Lipinski definition) is 6. The topological polar surface area (TPSA) is 84.8 Å². The van der Waals surface area contributed by atoms with Gasteiger partial charge in [-0.05, 0) is 30.7 Å². The number of benzene rings is 1. The molecule has 1 aliphatic heterocycles. The lowest BCUT2D eigenvalue weighted by Gasteiger charge is -2.32. The first kappa shape index (κ1) is 17.3. The number of carboxylic acids is 1. The molecule has 0 saturated carbocycles. The van der Waals surface area contributed by atoms with E-state index in [9.17, 15) is 4.79 Å². The molecule has 0 bridgehead atoms. The summed E-state index contributed by atoms with van der Waals surface area (Å²) in [5.74, 6) is 0.295. The number of ether oxygens (including phenoxy) is 2. The number of carbonyl (C=O) groups is 1. The van der Waals surface area contributed by atoms with Crippen LogP contribution in [0, 0.1) is 6.92 Å². The molecule has 2 heterocycles. The molecule has 2 aromatic rings. The van der Waals surface area contributed by atoms with E-state index in [1.54, 1.807) is 18.3 Å². The van der Waals surface area contributed by atoms with E-state index in [1.807, 2.05) is 25.1 Å². The molecule has 132 valence electrons. The first-order valence-electron chi connectivity index (χ1n) is 8.17. The van der Waals surface area contributed by atoms with Gasteiger partial charge < -0.3 is 14.6 Å². The Labute approximate surface area is 146 Å². The van der Waals surface area contributed by atoms with Crippen LogP contribution in [0.5, 0.6) is 5.75 Å². The smallest absolute Gasteiger partial charge is 0.341 e. The molecule has 25 heavy (non-hydrogen) atoms. The van der Waals surface area contributed by atoms with Crippen LogP contribution in [0.15, 0.2) is 36.5 Å². The maximum absolute atomic E-state index is 10.5. The second-order valence-corrected chi connectivity index (χ2v) is 5.98. The highest BCUT2D eigenvalue weighted by Crippen LogP contribution is 2.21. The molecule has 0 radical (unpaired) electrons. The van der Waals surface area contributed by atoms with Crippen LogP contribution in [0.3, 0.4) is 0 Å². The van der Waals surface area contributed by atoms with E-state index in [0.29, 0.717) is 12.4 Å². The van der Waals surface area contributed by atoms with Gasteiger partial charge in [-0.15, -0.1) is 0 Å². The fourth-order valence-electron chi connectivity index (χ4n) is 2.72. The fraction of sp³-hybridized carbons (Fsp3) is 0.389. The molecule has 0 spiro atoms. The Balaban J connectivity index is 1.58. The Bertz CT molecular complexity index is 721. The molecular weight excluding hydrogens is 322 g/mol. The van der Waals surface area contributed by atoms with Gasteiger partial charge in [0.15, 0.2) is 12.4 Å². The first-order chi connectivity index (χ1) is 12.1. The summed E-state index contributed by atoms with van der Waals surface area (Å²) in [5, 5.41) is 8.63. The van der Waals surface area contributed by atoms with E-state index in [1.165, 1.54) is 0 Å². The van der Waals surface area contributed by atoms with E-state index < -0.39 is 5.97 Å². The molecule has 1 saturated heterocycles. The monoisotopic (exact) mass is 343 g/mol. The Morgan fingerprint density at radius 1 is 1.36 bits per heavy atom. The van der Waals surface area contributed by atoms with Gasteiger partial charge in [-0.25, -0.2) is 14.8 Å². The number of aryl methyl sites for hydroxylation is 1. The van der Waals surface area contributed by atoms with E-state index in [-0.39, 0.29) is 12.7 Å². The molecule has 0 unspecified atom stereocenters. The zero-order chi connectivity index (χ0) is 17.6. The van der Waals surface area contributed by atoms with Crippen molar-refractivity contribution in [2.24, 2.45) is 0 Å². The van der Waals surface area contributed by atoms with Gasteiger partial charge in [-0.3, -0.25) is 4.90 Å². The average molecular weight is 343 g/mol. The summed E-state index contributed by atoms with van der Waals surface area (Å²) >= 11 is 0. The van der Waals surface area contributed by atoms with Crippen molar-refractivity contribution in [3.05, 3.63) is 53.6 Å². The SMILES string of the molecule is Cc1ccnc([C@H]2CN(Cc3ccc(OCC(=O)O)cc3)CCO2)n1. The van der Waals surface area contributed by atoms with Gasteiger partial charge in [0.1, 0.15) is 11.9 Å². The van der Waals surface area contributed by atoms with Crippen molar-refractivity contribution in [3.8, 4) is 5.75 Å². The van der Waals surface area contributed by atoms with Crippen molar-refractivity contribution in [2.75, 3.05) is 26.3 Å². The summed E-state index contributed by atoms with van der Waals surface area (Å²) < 4.78 is 11.0. The minimum atomic E-state index is -0.984. The van der Waals surface area contributed by atoms with Crippen LogP contribution in [0.2, 0.25) is 0 Å². The van der Waals surface area contributed by atoms with Crippen molar-refractivity contribution < 1.29 is 19.4 Å². The molecule has 7 heteroatoms. The molecule has 0 aliphatic carbocycles. The third-order valence-electron chi connectivity index (χ3n) is 3.94. The Hall–Kier alpha value is -2.51. The van der Waals surface area contributed by atoms with E-state index in [4.69, 9.17) is 14.6 Å². The van der Waals surface area contributed by atoms with Crippen molar-refractivity contribution >= 4 is 5.97 Å². The van der Waals surface area contributed by atoms with Gasteiger partial charge in [0.05, 0.1) is 6.61 Å². The van der Waals surface area contributed by atoms with Crippen molar-refractivity contribution in [1.82, 2.24) is 14.9 Å². The molecular formula is C18H21N3O4. The normalized spacial score (nSPS) is 18.0. The summed E-state index contributed by atoms with van der Waals surface area (Å²) in [5.41, 5.74) is 2.07. The molecule has 0 amide bonds. The van der Waals surface area contributed by atoms with Crippen LogP contribution in [0.25, 0.3) is 0 Å². The predicted molar refractivity (Wildman–Crippen MR) is 90.3 cm³/mol. The largest absolute Gasteiger partial charge is 0.482 e. The minimum Gasteiger partial charge on any atom is -0.482 e. The minimum absolute atomic E-state index is 0.119. The molecule has 1 aromatic heterocycles. The average Bonchev–Trinajstić information content (AvgIpc) is 2.61. The summed E-state index contributed by atoms with van der Waals surface area (Å²) in [4.78, 5) is 21.6. The van der Waals surface area contributed by atoms with Gasteiger partial charge in [0.25, 0.3) is 0 Å². The third kappa shape index (κ3) is 4.98. The lowest BCUT2D eigenvalue weighted by Crippen LogP contribution is -2.38. The van der Waals surface area contributed by atoms with Gasteiger partial charge in [0.2, 0.25) is 0 Å². The molecule has 1 N–H and O–H groups in total. The van der Waals surface area contributed by atoms with Crippen LogP contribution in [-0.4, -0.2) is 52.2 Å². The quantitative estimate of drug-likeness (QED) is 0.856. The van der Waals surface area contributed by atoms with Crippen LogP contribution >= 0.6 is 0 Å². The third-order valence-corrected chi connectivity index (χ3v) is 3.94. The molecule has 1 aliphatic rings. The van der Waals surface area contributed by atoms with Crippen molar-refractivity contribution in [1.29, 1.82) is 0 Å².